The van der Waals surface area contributed by atoms with Gasteiger partial charge in [0.2, 0.25) is 0 Å². The Balaban J connectivity index is 2.43. The molecule has 0 radical (unpaired) electrons. The highest BCUT2D eigenvalue weighted by atomic mass is 19.1. The van der Waals surface area contributed by atoms with Crippen molar-refractivity contribution in [3.8, 4) is 5.75 Å². The standard InChI is InChI=1S/C17H21FN2O/c1-4-8-20-17(15-11-19-9-7-12(15)2)14-6-5-13(21-3)10-16(14)18/h5-7,9-11,17,20H,4,8H2,1-3H3. The zero-order chi connectivity index (χ0) is 15.2. The van der Waals surface area contributed by atoms with Gasteiger partial charge in [-0.15, -0.1) is 0 Å². The average Bonchev–Trinajstić information content (AvgIpc) is 2.50. The third-order valence-corrected chi connectivity index (χ3v) is 3.51. The van der Waals surface area contributed by atoms with Crippen LogP contribution in [0.2, 0.25) is 0 Å². The zero-order valence-corrected chi connectivity index (χ0v) is 12.7. The molecule has 0 bridgehead atoms. The fraction of sp³-hybridized carbons (Fsp3) is 0.353. The molecular weight excluding hydrogens is 267 g/mol. The molecular formula is C17H21FN2O. The topological polar surface area (TPSA) is 34.2 Å². The van der Waals surface area contributed by atoms with Crippen LogP contribution in [0.25, 0.3) is 0 Å². The molecule has 21 heavy (non-hydrogen) atoms. The van der Waals surface area contributed by atoms with Crippen molar-refractivity contribution in [1.82, 2.24) is 10.3 Å². The Hall–Kier alpha value is -1.94. The Morgan fingerprint density at radius 1 is 1.29 bits per heavy atom. The molecule has 0 aliphatic carbocycles. The SMILES string of the molecule is CCCNC(c1cnccc1C)c1ccc(OC)cc1F. The van der Waals surface area contributed by atoms with Crippen LogP contribution in [-0.2, 0) is 0 Å². The summed E-state index contributed by atoms with van der Waals surface area (Å²) in [5, 5.41) is 3.40. The number of aryl methyl sites for hydroxylation is 1. The number of hydrogen-bond acceptors (Lipinski definition) is 3. The van der Waals surface area contributed by atoms with Crippen LogP contribution in [0.4, 0.5) is 4.39 Å². The van der Waals surface area contributed by atoms with Gasteiger partial charge in [-0.2, -0.15) is 0 Å². The van der Waals surface area contributed by atoms with Gasteiger partial charge in [-0.25, -0.2) is 4.39 Å². The molecule has 0 saturated carbocycles. The Kier molecular flexibility index (Phi) is 5.28. The molecule has 3 nitrogen and oxygen atoms in total. The molecule has 1 aromatic carbocycles. The number of ether oxygens (including phenoxy) is 1. The second-order valence-corrected chi connectivity index (χ2v) is 5.01. The van der Waals surface area contributed by atoms with Gasteiger partial charge < -0.3 is 10.1 Å². The first-order chi connectivity index (χ1) is 10.2. The van der Waals surface area contributed by atoms with Crippen molar-refractivity contribution < 1.29 is 9.13 Å². The number of nitrogens with zero attached hydrogens (tertiary/aromatic N) is 1. The van der Waals surface area contributed by atoms with Gasteiger partial charge in [-0.1, -0.05) is 13.0 Å². The van der Waals surface area contributed by atoms with Crippen molar-refractivity contribution >= 4 is 0 Å². The summed E-state index contributed by atoms with van der Waals surface area (Å²) in [6.45, 7) is 4.91. The number of pyridine rings is 1. The fourth-order valence-corrected chi connectivity index (χ4v) is 2.32. The van der Waals surface area contributed by atoms with Gasteiger partial charge in [-0.3, -0.25) is 4.98 Å². The average molecular weight is 288 g/mol. The third-order valence-electron chi connectivity index (χ3n) is 3.51. The Morgan fingerprint density at radius 3 is 2.71 bits per heavy atom. The van der Waals surface area contributed by atoms with E-state index in [2.05, 4.69) is 17.2 Å². The minimum Gasteiger partial charge on any atom is -0.497 e. The number of methoxy groups -OCH3 is 1. The second kappa shape index (κ2) is 7.18. The monoisotopic (exact) mass is 288 g/mol. The van der Waals surface area contributed by atoms with Gasteiger partial charge in [0.05, 0.1) is 13.2 Å². The summed E-state index contributed by atoms with van der Waals surface area (Å²) >= 11 is 0. The summed E-state index contributed by atoms with van der Waals surface area (Å²) in [4.78, 5) is 4.18. The third kappa shape index (κ3) is 3.58. The lowest BCUT2D eigenvalue weighted by atomic mass is 9.96. The van der Waals surface area contributed by atoms with E-state index >= 15 is 0 Å². The number of nitrogens with one attached hydrogen (secondary N) is 1. The maximum absolute atomic E-state index is 14.4. The molecule has 0 fully saturated rings. The number of halogens is 1. The highest BCUT2D eigenvalue weighted by Gasteiger charge is 2.19. The lowest BCUT2D eigenvalue weighted by molar-refractivity contribution is 0.410. The molecule has 4 heteroatoms. The molecule has 0 aliphatic heterocycles. The van der Waals surface area contributed by atoms with Crippen molar-refractivity contribution in [2.24, 2.45) is 0 Å². The second-order valence-electron chi connectivity index (χ2n) is 5.01. The van der Waals surface area contributed by atoms with E-state index in [4.69, 9.17) is 4.74 Å². The molecule has 2 rings (SSSR count). The molecule has 112 valence electrons. The van der Waals surface area contributed by atoms with E-state index in [1.54, 1.807) is 24.5 Å². The molecule has 1 atom stereocenters. The first-order valence-corrected chi connectivity index (χ1v) is 7.14. The first-order valence-electron chi connectivity index (χ1n) is 7.14. The molecule has 1 aromatic heterocycles. The summed E-state index contributed by atoms with van der Waals surface area (Å²) < 4.78 is 19.5. The fourth-order valence-electron chi connectivity index (χ4n) is 2.32. The van der Waals surface area contributed by atoms with Gasteiger partial charge in [-0.05, 0) is 43.1 Å². The lowest BCUT2D eigenvalue weighted by Crippen LogP contribution is -2.25. The molecule has 2 aromatic rings. The molecule has 0 spiro atoms. The van der Waals surface area contributed by atoms with E-state index in [9.17, 15) is 4.39 Å². The predicted molar refractivity (Wildman–Crippen MR) is 82.1 cm³/mol. The Morgan fingerprint density at radius 2 is 2.10 bits per heavy atom. The number of rotatable bonds is 6. The number of benzene rings is 1. The van der Waals surface area contributed by atoms with E-state index in [0.717, 1.165) is 24.1 Å². The van der Waals surface area contributed by atoms with Crippen LogP contribution < -0.4 is 10.1 Å². The quantitative estimate of drug-likeness (QED) is 0.881. The minimum atomic E-state index is -0.272. The van der Waals surface area contributed by atoms with Crippen LogP contribution in [0, 0.1) is 12.7 Å². The van der Waals surface area contributed by atoms with Gasteiger partial charge in [0.1, 0.15) is 11.6 Å². The predicted octanol–water partition coefficient (Wildman–Crippen LogP) is 3.63. The molecule has 1 N–H and O–H groups in total. The van der Waals surface area contributed by atoms with Crippen molar-refractivity contribution in [3.05, 3.63) is 59.2 Å². The number of aromatic nitrogens is 1. The number of hydrogen-bond donors (Lipinski definition) is 1. The van der Waals surface area contributed by atoms with E-state index < -0.39 is 0 Å². The van der Waals surface area contributed by atoms with Crippen LogP contribution in [0.3, 0.4) is 0 Å². The highest BCUT2D eigenvalue weighted by Crippen LogP contribution is 2.28. The summed E-state index contributed by atoms with van der Waals surface area (Å²) in [7, 11) is 1.53. The van der Waals surface area contributed by atoms with Crippen LogP contribution in [-0.4, -0.2) is 18.6 Å². The Labute approximate surface area is 125 Å². The van der Waals surface area contributed by atoms with Crippen LogP contribution in [0.1, 0.15) is 36.1 Å². The van der Waals surface area contributed by atoms with E-state index in [-0.39, 0.29) is 11.9 Å². The largest absolute Gasteiger partial charge is 0.497 e. The first kappa shape index (κ1) is 15.4. The van der Waals surface area contributed by atoms with Crippen LogP contribution >= 0.6 is 0 Å². The van der Waals surface area contributed by atoms with Gasteiger partial charge >= 0.3 is 0 Å². The van der Waals surface area contributed by atoms with Gasteiger partial charge in [0.15, 0.2) is 0 Å². The lowest BCUT2D eigenvalue weighted by Gasteiger charge is -2.21. The van der Waals surface area contributed by atoms with Gasteiger partial charge in [0, 0.05) is 24.0 Å². The smallest absolute Gasteiger partial charge is 0.132 e. The van der Waals surface area contributed by atoms with Crippen molar-refractivity contribution in [2.75, 3.05) is 13.7 Å². The Bertz CT molecular complexity index is 601. The maximum Gasteiger partial charge on any atom is 0.132 e. The van der Waals surface area contributed by atoms with Crippen LogP contribution in [0.5, 0.6) is 5.75 Å². The maximum atomic E-state index is 14.4. The van der Waals surface area contributed by atoms with E-state index in [1.165, 1.54) is 13.2 Å². The normalized spacial score (nSPS) is 12.2. The summed E-state index contributed by atoms with van der Waals surface area (Å²) in [6.07, 6.45) is 4.53. The van der Waals surface area contributed by atoms with Crippen molar-refractivity contribution in [3.63, 3.8) is 0 Å². The molecule has 1 heterocycles. The van der Waals surface area contributed by atoms with Crippen molar-refractivity contribution in [1.29, 1.82) is 0 Å². The molecule has 0 amide bonds. The molecule has 1 unspecified atom stereocenters. The van der Waals surface area contributed by atoms with Crippen molar-refractivity contribution in [2.45, 2.75) is 26.3 Å². The molecule has 0 saturated heterocycles. The van der Waals surface area contributed by atoms with E-state index in [1.807, 2.05) is 13.0 Å². The summed E-state index contributed by atoms with van der Waals surface area (Å²) in [6, 6.07) is 6.71. The zero-order valence-electron chi connectivity index (χ0n) is 12.7. The summed E-state index contributed by atoms with van der Waals surface area (Å²) in [5.41, 5.74) is 2.70. The summed E-state index contributed by atoms with van der Waals surface area (Å²) in [5.74, 6) is 0.250. The van der Waals surface area contributed by atoms with E-state index in [0.29, 0.717) is 11.3 Å². The highest BCUT2D eigenvalue weighted by molar-refractivity contribution is 5.38. The minimum absolute atomic E-state index is 0.204. The molecule has 0 aliphatic rings. The van der Waals surface area contributed by atoms with Gasteiger partial charge in [0.25, 0.3) is 0 Å². The van der Waals surface area contributed by atoms with Crippen LogP contribution in [0.15, 0.2) is 36.7 Å².